The van der Waals surface area contributed by atoms with Crippen molar-refractivity contribution in [2.75, 3.05) is 20.8 Å². The zero-order valence-electron chi connectivity index (χ0n) is 10.9. The molecule has 1 aliphatic rings. The molecular weight excluding hydrogens is 216 g/mol. The lowest BCUT2D eigenvalue weighted by Crippen LogP contribution is -2.16. The van der Waals surface area contributed by atoms with Crippen LogP contribution in [0.4, 0.5) is 0 Å². The third-order valence-corrected chi connectivity index (χ3v) is 4.00. The van der Waals surface area contributed by atoms with Gasteiger partial charge in [-0.05, 0) is 42.5 Å². The van der Waals surface area contributed by atoms with Crippen molar-refractivity contribution in [3.8, 4) is 11.5 Å². The van der Waals surface area contributed by atoms with E-state index in [0.29, 0.717) is 5.92 Å². The Bertz CT molecular complexity index is 424. The molecule has 0 bridgehead atoms. The molecule has 0 spiro atoms. The van der Waals surface area contributed by atoms with Gasteiger partial charge in [-0.15, -0.1) is 0 Å². The van der Waals surface area contributed by atoms with Crippen molar-refractivity contribution in [3.63, 3.8) is 0 Å². The van der Waals surface area contributed by atoms with Crippen LogP contribution >= 0.6 is 0 Å². The maximum Gasteiger partial charge on any atom is 0.161 e. The van der Waals surface area contributed by atoms with Crippen molar-refractivity contribution >= 4 is 0 Å². The normalized spacial score (nSPS) is 26.8. The second-order valence-electron chi connectivity index (χ2n) is 4.94. The molecule has 2 unspecified atom stereocenters. The van der Waals surface area contributed by atoms with Crippen molar-refractivity contribution < 1.29 is 14.6 Å². The van der Waals surface area contributed by atoms with E-state index in [1.165, 1.54) is 5.56 Å². The fourth-order valence-corrected chi connectivity index (χ4v) is 2.69. The summed E-state index contributed by atoms with van der Waals surface area (Å²) in [5.74, 6) is 2.01. The summed E-state index contributed by atoms with van der Waals surface area (Å²) >= 11 is 0. The minimum atomic E-state index is -0.0658. The highest BCUT2D eigenvalue weighted by molar-refractivity contribution is 5.51. The van der Waals surface area contributed by atoms with Crippen LogP contribution in [0.2, 0.25) is 0 Å². The van der Waals surface area contributed by atoms with Gasteiger partial charge in [0, 0.05) is 5.41 Å². The van der Waals surface area contributed by atoms with Gasteiger partial charge in [-0.25, -0.2) is 0 Å². The highest BCUT2D eigenvalue weighted by atomic mass is 16.5. The summed E-state index contributed by atoms with van der Waals surface area (Å²) in [5.41, 5.74) is 2.27. The van der Waals surface area contributed by atoms with Crippen LogP contribution in [0, 0.1) is 12.8 Å². The monoisotopic (exact) mass is 236 g/mol. The van der Waals surface area contributed by atoms with E-state index in [4.69, 9.17) is 9.47 Å². The first kappa shape index (κ1) is 12.2. The van der Waals surface area contributed by atoms with Crippen LogP contribution in [0.15, 0.2) is 12.1 Å². The summed E-state index contributed by atoms with van der Waals surface area (Å²) in [6.07, 6.45) is 1.04. The predicted molar refractivity (Wildman–Crippen MR) is 66.8 cm³/mol. The molecule has 1 saturated carbocycles. The SMILES string of the molecule is COc1cc(C)c(C2(CO)CC2C)cc1OC. The average Bonchev–Trinajstić information content (AvgIpc) is 3.00. The standard InChI is InChI=1S/C14H20O3/c1-9-5-12(16-3)13(17-4)6-11(9)14(8-15)7-10(14)2/h5-6,10,15H,7-8H2,1-4H3. The zero-order chi connectivity index (χ0) is 12.6. The zero-order valence-corrected chi connectivity index (χ0v) is 10.9. The summed E-state index contributed by atoms with van der Waals surface area (Å²) < 4.78 is 10.6. The lowest BCUT2D eigenvalue weighted by atomic mass is 9.90. The fourth-order valence-electron chi connectivity index (χ4n) is 2.69. The maximum atomic E-state index is 9.62. The lowest BCUT2D eigenvalue weighted by molar-refractivity contribution is 0.246. The minimum absolute atomic E-state index is 0.0658. The number of methoxy groups -OCH3 is 2. The van der Waals surface area contributed by atoms with Crippen LogP contribution in [0.25, 0.3) is 0 Å². The summed E-state index contributed by atoms with van der Waals surface area (Å²) in [6.45, 7) is 4.43. The molecule has 0 aliphatic heterocycles. The van der Waals surface area contributed by atoms with Gasteiger partial charge in [0.15, 0.2) is 11.5 Å². The van der Waals surface area contributed by atoms with Crippen LogP contribution in [0.5, 0.6) is 11.5 Å². The molecule has 0 amide bonds. The molecule has 0 aromatic heterocycles. The molecule has 3 nitrogen and oxygen atoms in total. The quantitative estimate of drug-likeness (QED) is 0.871. The summed E-state index contributed by atoms with van der Waals surface area (Å²) in [4.78, 5) is 0. The molecule has 17 heavy (non-hydrogen) atoms. The number of hydrogen-bond donors (Lipinski definition) is 1. The average molecular weight is 236 g/mol. The van der Waals surface area contributed by atoms with Gasteiger partial charge in [0.2, 0.25) is 0 Å². The molecule has 1 N–H and O–H groups in total. The molecule has 0 saturated heterocycles. The Morgan fingerprint density at radius 2 is 1.82 bits per heavy atom. The van der Waals surface area contributed by atoms with Gasteiger partial charge in [0.1, 0.15) is 0 Å². The van der Waals surface area contributed by atoms with E-state index >= 15 is 0 Å². The van der Waals surface area contributed by atoms with Crippen molar-refractivity contribution in [1.29, 1.82) is 0 Å². The third kappa shape index (κ3) is 1.78. The molecule has 1 aliphatic carbocycles. The molecule has 1 aromatic rings. The number of aliphatic hydroxyl groups excluding tert-OH is 1. The molecule has 2 atom stereocenters. The lowest BCUT2D eigenvalue weighted by Gasteiger charge is -2.19. The Morgan fingerprint density at radius 1 is 1.29 bits per heavy atom. The maximum absolute atomic E-state index is 9.62. The topological polar surface area (TPSA) is 38.7 Å². The van der Waals surface area contributed by atoms with E-state index in [9.17, 15) is 5.11 Å². The Balaban J connectivity index is 2.48. The van der Waals surface area contributed by atoms with Gasteiger partial charge in [-0.3, -0.25) is 0 Å². The summed E-state index contributed by atoms with van der Waals surface area (Å²) in [5, 5.41) is 9.62. The van der Waals surface area contributed by atoms with Crippen molar-refractivity contribution in [2.45, 2.75) is 25.7 Å². The van der Waals surface area contributed by atoms with Gasteiger partial charge in [0.25, 0.3) is 0 Å². The molecule has 1 aromatic carbocycles. The van der Waals surface area contributed by atoms with Crippen LogP contribution in [-0.2, 0) is 5.41 Å². The number of benzene rings is 1. The van der Waals surface area contributed by atoms with Crippen LogP contribution < -0.4 is 9.47 Å². The Labute approximate surface area is 102 Å². The van der Waals surface area contributed by atoms with Gasteiger partial charge in [0.05, 0.1) is 20.8 Å². The third-order valence-electron chi connectivity index (χ3n) is 4.00. The van der Waals surface area contributed by atoms with Crippen LogP contribution in [-0.4, -0.2) is 25.9 Å². The first-order chi connectivity index (χ1) is 8.08. The van der Waals surface area contributed by atoms with E-state index in [2.05, 4.69) is 13.8 Å². The molecule has 1 fully saturated rings. The van der Waals surface area contributed by atoms with Crippen LogP contribution in [0.3, 0.4) is 0 Å². The van der Waals surface area contributed by atoms with E-state index in [1.807, 2.05) is 12.1 Å². The second kappa shape index (κ2) is 4.22. The molecule has 2 rings (SSSR count). The van der Waals surface area contributed by atoms with Crippen LogP contribution in [0.1, 0.15) is 24.5 Å². The molecule has 3 heteroatoms. The smallest absolute Gasteiger partial charge is 0.161 e. The van der Waals surface area contributed by atoms with Gasteiger partial charge < -0.3 is 14.6 Å². The summed E-state index contributed by atoms with van der Waals surface area (Å²) in [6, 6.07) is 3.99. The van der Waals surface area contributed by atoms with Crippen molar-refractivity contribution in [1.82, 2.24) is 0 Å². The van der Waals surface area contributed by atoms with E-state index in [1.54, 1.807) is 14.2 Å². The minimum Gasteiger partial charge on any atom is -0.493 e. The fraction of sp³-hybridized carbons (Fsp3) is 0.571. The van der Waals surface area contributed by atoms with Gasteiger partial charge >= 0.3 is 0 Å². The number of ether oxygens (including phenoxy) is 2. The highest BCUT2D eigenvalue weighted by Crippen LogP contribution is 2.55. The number of rotatable bonds is 4. The molecule has 0 radical (unpaired) electrons. The van der Waals surface area contributed by atoms with E-state index in [0.717, 1.165) is 23.5 Å². The number of aryl methyl sites for hydroxylation is 1. The Hall–Kier alpha value is -1.22. The Kier molecular flexibility index (Phi) is 3.04. The number of aliphatic hydroxyl groups is 1. The van der Waals surface area contributed by atoms with Crippen molar-refractivity contribution in [3.05, 3.63) is 23.3 Å². The highest BCUT2D eigenvalue weighted by Gasteiger charge is 2.52. The number of hydrogen-bond acceptors (Lipinski definition) is 3. The largest absolute Gasteiger partial charge is 0.493 e. The van der Waals surface area contributed by atoms with E-state index < -0.39 is 0 Å². The first-order valence-corrected chi connectivity index (χ1v) is 5.93. The predicted octanol–water partition coefficient (Wildman–Crippen LogP) is 2.28. The van der Waals surface area contributed by atoms with Gasteiger partial charge in [-0.2, -0.15) is 0 Å². The summed E-state index contributed by atoms with van der Waals surface area (Å²) in [7, 11) is 3.28. The van der Waals surface area contributed by atoms with E-state index in [-0.39, 0.29) is 12.0 Å². The molecule has 0 heterocycles. The van der Waals surface area contributed by atoms with Gasteiger partial charge in [-0.1, -0.05) is 6.92 Å². The second-order valence-corrected chi connectivity index (χ2v) is 4.94. The molecule has 94 valence electrons. The first-order valence-electron chi connectivity index (χ1n) is 5.93. The Morgan fingerprint density at radius 3 is 2.24 bits per heavy atom. The molecular formula is C14H20O3. The van der Waals surface area contributed by atoms with Crippen molar-refractivity contribution in [2.24, 2.45) is 5.92 Å².